The maximum Gasteiger partial charge on any atom is 0.117 e. The average molecular weight is 203 g/mol. The Labute approximate surface area is 88.3 Å². The lowest BCUT2D eigenvalue weighted by molar-refractivity contribution is 0.804. The van der Waals surface area contributed by atoms with Gasteiger partial charge in [-0.25, -0.2) is 0 Å². The summed E-state index contributed by atoms with van der Waals surface area (Å²) in [6, 6.07) is 0. The van der Waals surface area contributed by atoms with Gasteiger partial charge in [-0.05, 0) is 11.1 Å². The monoisotopic (exact) mass is 203 g/mol. The highest BCUT2D eigenvalue weighted by molar-refractivity contribution is 6.02. The molecule has 0 amide bonds. The van der Waals surface area contributed by atoms with Crippen LogP contribution in [0.2, 0.25) is 0 Å². The summed E-state index contributed by atoms with van der Waals surface area (Å²) in [7, 11) is 0. The van der Waals surface area contributed by atoms with Gasteiger partial charge in [0.2, 0.25) is 0 Å². The number of nitrogens with zero attached hydrogens (tertiary/aromatic N) is 5. The van der Waals surface area contributed by atoms with E-state index in [-0.39, 0.29) is 11.8 Å². The number of hydrogen-bond donors (Lipinski definition) is 0. The van der Waals surface area contributed by atoms with Crippen LogP contribution in [-0.2, 0) is 0 Å². The van der Waals surface area contributed by atoms with E-state index in [0.717, 1.165) is 17.0 Å². The molecule has 1 aliphatic rings. The minimum Gasteiger partial charge on any atom is -0.163 e. The molecule has 0 saturated heterocycles. The average Bonchev–Trinajstić information content (AvgIpc) is 2.39. The van der Waals surface area contributed by atoms with Gasteiger partial charge in [0.05, 0.1) is 11.9 Å². The fraction of sp³-hybridized carbons (Fsp3) is 0.500. The van der Waals surface area contributed by atoms with Crippen LogP contribution in [0.3, 0.4) is 0 Å². The van der Waals surface area contributed by atoms with Gasteiger partial charge in [-0.15, -0.1) is 10.2 Å². The Kier molecular flexibility index (Phi) is 2.53. The molecule has 2 rings (SSSR count). The number of aromatic nitrogens is 3. The van der Waals surface area contributed by atoms with Crippen molar-refractivity contribution >= 4 is 11.9 Å². The molecular weight excluding hydrogens is 190 g/mol. The van der Waals surface area contributed by atoms with E-state index < -0.39 is 0 Å². The van der Waals surface area contributed by atoms with Gasteiger partial charge in [-0.2, -0.15) is 10.2 Å². The molecule has 15 heavy (non-hydrogen) atoms. The van der Waals surface area contributed by atoms with Crippen LogP contribution in [0.5, 0.6) is 0 Å². The molecule has 0 aromatic carbocycles. The predicted molar refractivity (Wildman–Crippen MR) is 58.1 cm³/mol. The first-order chi connectivity index (χ1) is 7.20. The third-order valence-corrected chi connectivity index (χ3v) is 2.40. The zero-order chi connectivity index (χ0) is 10.8. The molecule has 1 aromatic rings. The fourth-order valence-corrected chi connectivity index (χ4v) is 1.52. The molecule has 5 nitrogen and oxygen atoms in total. The van der Waals surface area contributed by atoms with Crippen LogP contribution in [0.25, 0.3) is 0 Å². The van der Waals surface area contributed by atoms with Gasteiger partial charge in [0.1, 0.15) is 5.69 Å². The second kappa shape index (κ2) is 3.84. The SMILES string of the molecule is CC(C)C1=NN=CC(C)c2cnnnc21. The first-order valence-corrected chi connectivity index (χ1v) is 5.00. The van der Waals surface area contributed by atoms with E-state index in [1.807, 2.05) is 6.92 Å². The Morgan fingerprint density at radius 2 is 2.13 bits per heavy atom. The number of rotatable bonds is 1. The van der Waals surface area contributed by atoms with Gasteiger partial charge in [-0.3, -0.25) is 0 Å². The molecule has 1 atom stereocenters. The highest BCUT2D eigenvalue weighted by Gasteiger charge is 2.20. The van der Waals surface area contributed by atoms with Gasteiger partial charge in [-0.1, -0.05) is 20.8 Å². The summed E-state index contributed by atoms with van der Waals surface area (Å²) in [6.45, 7) is 6.18. The molecule has 0 fully saturated rings. The molecule has 78 valence electrons. The molecule has 5 heteroatoms. The largest absolute Gasteiger partial charge is 0.163 e. The molecule has 1 unspecified atom stereocenters. The molecule has 0 N–H and O–H groups in total. The molecule has 0 spiro atoms. The summed E-state index contributed by atoms with van der Waals surface area (Å²) < 4.78 is 0. The molecular formula is C10H13N5. The van der Waals surface area contributed by atoms with E-state index in [1.165, 1.54) is 0 Å². The maximum atomic E-state index is 4.17. The lowest BCUT2D eigenvalue weighted by Crippen LogP contribution is -2.15. The van der Waals surface area contributed by atoms with Crippen LogP contribution >= 0.6 is 0 Å². The Hall–Kier alpha value is -1.65. The van der Waals surface area contributed by atoms with Gasteiger partial charge in [0.25, 0.3) is 0 Å². The van der Waals surface area contributed by atoms with Crippen molar-refractivity contribution in [3.05, 3.63) is 17.5 Å². The summed E-state index contributed by atoms with van der Waals surface area (Å²) in [5, 5.41) is 19.7. The van der Waals surface area contributed by atoms with Crippen LogP contribution in [0.4, 0.5) is 0 Å². The standard InChI is InChI=1S/C10H13N5/c1-6(2)9-10-8(5-12-15-14-10)7(3)4-11-13-9/h4-7H,1-3H3. The van der Waals surface area contributed by atoms with Crippen molar-refractivity contribution in [2.75, 3.05) is 0 Å². The second-order valence-corrected chi connectivity index (χ2v) is 3.93. The van der Waals surface area contributed by atoms with Gasteiger partial charge in [0.15, 0.2) is 0 Å². The van der Waals surface area contributed by atoms with Crippen LogP contribution in [0, 0.1) is 5.92 Å². The smallest absolute Gasteiger partial charge is 0.117 e. The summed E-state index contributed by atoms with van der Waals surface area (Å²) in [6.07, 6.45) is 3.54. The predicted octanol–water partition coefficient (Wildman–Crippen LogP) is 1.42. The first-order valence-electron chi connectivity index (χ1n) is 5.00. The first kappa shape index (κ1) is 9.89. The van der Waals surface area contributed by atoms with E-state index in [0.29, 0.717) is 0 Å². The number of fused-ring (bicyclic) bond motifs is 1. The van der Waals surface area contributed by atoms with Crippen molar-refractivity contribution in [2.24, 2.45) is 16.1 Å². The van der Waals surface area contributed by atoms with Gasteiger partial charge >= 0.3 is 0 Å². The van der Waals surface area contributed by atoms with Crippen LogP contribution < -0.4 is 0 Å². The van der Waals surface area contributed by atoms with Gasteiger partial charge < -0.3 is 0 Å². The molecule has 2 heterocycles. The summed E-state index contributed by atoms with van der Waals surface area (Å²) >= 11 is 0. The molecule has 1 aromatic heterocycles. The minimum absolute atomic E-state index is 0.183. The molecule has 0 bridgehead atoms. The lowest BCUT2D eigenvalue weighted by Gasteiger charge is -2.10. The topological polar surface area (TPSA) is 63.4 Å². The summed E-state index contributed by atoms with van der Waals surface area (Å²) in [5.41, 5.74) is 2.74. The third kappa shape index (κ3) is 1.77. The zero-order valence-corrected chi connectivity index (χ0v) is 9.05. The Morgan fingerprint density at radius 1 is 1.33 bits per heavy atom. The number of hydrogen-bond acceptors (Lipinski definition) is 5. The normalized spacial score (nSPS) is 19.7. The van der Waals surface area contributed by atoms with Crippen LogP contribution in [-0.4, -0.2) is 27.3 Å². The van der Waals surface area contributed by atoms with Crippen molar-refractivity contribution < 1.29 is 0 Å². The van der Waals surface area contributed by atoms with Crippen LogP contribution in [0.1, 0.15) is 37.9 Å². The minimum atomic E-state index is 0.183. The van der Waals surface area contributed by atoms with Crippen molar-refractivity contribution in [1.82, 2.24) is 15.4 Å². The quantitative estimate of drug-likeness (QED) is 0.693. The van der Waals surface area contributed by atoms with Crippen molar-refractivity contribution in [1.29, 1.82) is 0 Å². The molecule has 0 radical (unpaired) electrons. The van der Waals surface area contributed by atoms with Crippen molar-refractivity contribution in [3.63, 3.8) is 0 Å². The van der Waals surface area contributed by atoms with E-state index in [9.17, 15) is 0 Å². The van der Waals surface area contributed by atoms with E-state index in [1.54, 1.807) is 12.4 Å². The van der Waals surface area contributed by atoms with Crippen molar-refractivity contribution in [2.45, 2.75) is 26.7 Å². The maximum absolute atomic E-state index is 4.17. The molecule has 0 aliphatic carbocycles. The third-order valence-electron chi connectivity index (χ3n) is 2.40. The fourth-order valence-electron chi connectivity index (χ4n) is 1.52. The zero-order valence-electron chi connectivity index (χ0n) is 9.05. The second-order valence-electron chi connectivity index (χ2n) is 3.93. The summed E-state index contributed by atoms with van der Waals surface area (Å²) in [5.74, 6) is 0.464. The van der Waals surface area contributed by atoms with Crippen LogP contribution in [0.15, 0.2) is 16.4 Å². The highest BCUT2D eigenvalue weighted by atomic mass is 15.3. The van der Waals surface area contributed by atoms with Crippen molar-refractivity contribution in [3.8, 4) is 0 Å². The Balaban J connectivity index is 2.58. The highest BCUT2D eigenvalue weighted by Crippen LogP contribution is 2.21. The summed E-state index contributed by atoms with van der Waals surface area (Å²) in [4.78, 5) is 0. The molecule has 1 aliphatic heterocycles. The lowest BCUT2D eigenvalue weighted by atomic mass is 9.96. The van der Waals surface area contributed by atoms with E-state index in [2.05, 4.69) is 39.5 Å². The van der Waals surface area contributed by atoms with E-state index in [4.69, 9.17) is 0 Å². The Morgan fingerprint density at radius 3 is 2.87 bits per heavy atom. The van der Waals surface area contributed by atoms with E-state index >= 15 is 0 Å². The molecule has 0 saturated carbocycles. The Bertz CT molecular complexity index is 422. The van der Waals surface area contributed by atoms with Gasteiger partial charge in [0, 0.05) is 17.7 Å².